The van der Waals surface area contributed by atoms with E-state index in [1.54, 1.807) is 0 Å². The van der Waals surface area contributed by atoms with Crippen LogP contribution in [0.4, 0.5) is 0 Å². The lowest BCUT2D eigenvalue weighted by Gasteiger charge is -2.18. The van der Waals surface area contributed by atoms with Gasteiger partial charge in [-0.1, -0.05) is 18.2 Å². The van der Waals surface area contributed by atoms with Crippen LogP contribution < -0.4 is 5.32 Å². The summed E-state index contributed by atoms with van der Waals surface area (Å²) in [5, 5.41) is 11.7. The Morgan fingerprint density at radius 3 is 2.76 bits per heavy atom. The largest absolute Gasteiger partial charge is 0.419 e. The molecule has 2 aliphatic rings. The molecule has 2 aromatic rings. The molecule has 110 valence electrons. The van der Waals surface area contributed by atoms with Crippen LogP contribution in [0.5, 0.6) is 0 Å². The molecule has 2 fully saturated rings. The van der Waals surface area contributed by atoms with Gasteiger partial charge in [-0.05, 0) is 37.3 Å². The van der Waals surface area contributed by atoms with Gasteiger partial charge in [0, 0.05) is 18.2 Å². The van der Waals surface area contributed by atoms with Crippen LogP contribution in [0.15, 0.2) is 34.7 Å². The van der Waals surface area contributed by atoms with E-state index >= 15 is 0 Å². The van der Waals surface area contributed by atoms with Gasteiger partial charge in [0.25, 0.3) is 0 Å². The summed E-state index contributed by atoms with van der Waals surface area (Å²) in [6.45, 7) is 1.47. The molecule has 1 saturated carbocycles. The second kappa shape index (κ2) is 5.58. The van der Waals surface area contributed by atoms with Crippen molar-refractivity contribution in [3.8, 4) is 11.5 Å². The molecule has 1 aliphatic heterocycles. The smallest absolute Gasteiger partial charge is 0.247 e. The zero-order valence-corrected chi connectivity index (χ0v) is 11.9. The molecule has 2 atom stereocenters. The standard InChI is InChI=1S/C16H19N3O2/c1-2-4-12(5-3-1)16-19-18-14(21-16)10-17-13-8-9-20-15(13)11-6-7-11/h1-5,11,13,15,17H,6-10H2. The van der Waals surface area contributed by atoms with Gasteiger partial charge in [-0.3, -0.25) is 0 Å². The average molecular weight is 285 g/mol. The van der Waals surface area contributed by atoms with Gasteiger partial charge in [0.2, 0.25) is 11.8 Å². The predicted molar refractivity (Wildman–Crippen MR) is 77.4 cm³/mol. The number of rotatable bonds is 5. The lowest BCUT2D eigenvalue weighted by molar-refractivity contribution is 0.0804. The van der Waals surface area contributed by atoms with Crippen molar-refractivity contribution in [2.75, 3.05) is 6.61 Å². The minimum Gasteiger partial charge on any atom is -0.419 e. The highest BCUT2D eigenvalue weighted by Gasteiger charge is 2.40. The third-order valence-corrected chi connectivity index (χ3v) is 4.23. The topological polar surface area (TPSA) is 60.2 Å². The maximum absolute atomic E-state index is 5.82. The SMILES string of the molecule is c1ccc(-c2nnc(CNC3CCOC3C3CC3)o2)cc1. The van der Waals surface area contributed by atoms with Crippen LogP contribution >= 0.6 is 0 Å². The first kappa shape index (κ1) is 13.0. The number of benzene rings is 1. The van der Waals surface area contributed by atoms with Crippen molar-refractivity contribution in [1.82, 2.24) is 15.5 Å². The molecule has 1 aliphatic carbocycles. The fraction of sp³-hybridized carbons (Fsp3) is 0.500. The maximum atomic E-state index is 5.82. The Morgan fingerprint density at radius 2 is 1.95 bits per heavy atom. The molecule has 1 saturated heterocycles. The molecule has 0 bridgehead atoms. The van der Waals surface area contributed by atoms with E-state index in [0.717, 1.165) is 24.5 Å². The fourth-order valence-electron chi connectivity index (χ4n) is 2.96. The van der Waals surface area contributed by atoms with Gasteiger partial charge in [-0.2, -0.15) is 0 Å². The zero-order valence-electron chi connectivity index (χ0n) is 11.9. The van der Waals surface area contributed by atoms with Crippen LogP contribution in [0.25, 0.3) is 11.5 Å². The Balaban J connectivity index is 1.38. The van der Waals surface area contributed by atoms with Crippen LogP contribution in [0.3, 0.4) is 0 Å². The number of aromatic nitrogens is 2. The van der Waals surface area contributed by atoms with Crippen LogP contribution in [-0.2, 0) is 11.3 Å². The Morgan fingerprint density at radius 1 is 1.10 bits per heavy atom. The Labute approximate surface area is 123 Å². The van der Waals surface area contributed by atoms with E-state index in [9.17, 15) is 0 Å². The van der Waals surface area contributed by atoms with Crippen molar-refractivity contribution in [2.24, 2.45) is 5.92 Å². The van der Waals surface area contributed by atoms with Gasteiger partial charge in [0.1, 0.15) is 0 Å². The van der Waals surface area contributed by atoms with Gasteiger partial charge in [0.05, 0.1) is 12.6 Å². The summed E-state index contributed by atoms with van der Waals surface area (Å²) in [4.78, 5) is 0. The summed E-state index contributed by atoms with van der Waals surface area (Å²) < 4.78 is 11.5. The summed E-state index contributed by atoms with van der Waals surface area (Å²) in [5.74, 6) is 1.97. The molecule has 1 aromatic heterocycles. The van der Waals surface area contributed by atoms with E-state index < -0.39 is 0 Å². The Kier molecular flexibility index (Phi) is 3.45. The first-order valence-corrected chi connectivity index (χ1v) is 7.63. The van der Waals surface area contributed by atoms with E-state index in [1.165, 1.54) is 12.8 Å². The molecule has 0 amide bonds. The molecule has 2 heterocycles. The van der Waals surface area contributed by atoms with Gasteiger partial charge >= 0.3 is 0 Å². The fourth-order valence-corrected chi connectivity index (χ4v) is 2.96. The van der Waals surface area contributed by atoms with Gasteiger partial charge in [-0.15, -0.1) is 10.2 Å². The molecule has 5 heteroatoms. The van der Waals surface area contributed by atoms with Crippen molar-refractivity contribution in [2.45, 2.75) is 38.0 Å². The summed E-state index contributed by atoms with van der Waals surface area (Å²) in [6.07, 6.45) is 4.06. The van der Waals surface area contributed by atoms with Crippen LogP contribution in [-0.4, -0.2) is 29.0 Å². The number of nitrogens with zero attached hydrogens (tertiary/aromatic N) is 2. The molecule has 4 rings (SSSR count). The number of hydrogen-bond acceptors (Lipinski definition) is 5. The van der Waals surface area contributed by atoms with Gasteiger partial charge < -0.3 is 14.5 Å². The van der Waals surface area contributed by atoms with Crippen LogP contribution in [0, 0.1) is 5.92 Å². The molecule has 5 nitrogen and oxygen atoms in total. The number of ether oxygens (including phenoxy) is 1. The summed E-state index contributed by atoms with van der Waals surface area (Å²) >= 11 is 0. The molecule has 0 spiro atoms. The molecule has 21 heavy (non-hydrogen) atoms. The average Bonchev–Trinajstić information content (AvgIpc) is 3.09. The minimum absolute atomic E-state index is 0.376. The van der Waals surface area contributed by atoms with Crippen molar-refractivity contribution in [3.63, 3.8) is 0 Å². The highest BCUT2D eigenvalue weighted by atomic mass is 16.5. The molecule has 2 unspecified atom stereocenters. The Bertz CT molecular complexity index is 595. The molecule has 1 aromatic carbocycles. The third kappa shape index (κ3) is 2.84. The number of nitrogens with one attached hydrogen (secondary N) is 1. The monoisotopic (exact) mass is 285 g/mol. The summed E-state index contributed by atoms with van der Waals surface area (Å²) in [5.41, 5.74) is 0.955. The molecular formula is C16H19N3O2. The summed E-state index contributed by atoms with van der Waals surface area (Å²) in [6, 6.07) is 10.3. The van der Waals surface area contributed by atoms with E-state index in [-0.39, 0.29) is 0 Å². The van der Waals surface area contributed by atoms with Crippen LogP contribution in [0.2, 0.25) is 0 Å². The van der Waals surface area contributed by atoms with Gasteiger partial charge in [0.15, 0.2) is 0 Å². The lowest BCUT2D eigenvalue weighted by Crippen LogP contribution is -2.37. The van der Waals surface area contributed by atoms with E-state index in [2.05, 4.69) is 15.5 Å². The second-order valence-corrected chi connectivity index (χ2v) is 5.82. The lowest BCUT2D eigenvalue weighted by atomic mass is 10.1. The van der Waals surface area contributed by atoms with Crippen molar-refractivity contribution in [3.05, 3.63) is 36.2 Å². The Hall–Kier alpha value is -1.72. The zero-order chi connectivity index (χ0) is 14.1. The minimum atomic E-state index is 0.376. The van der Waals surface area contributed by atoms with E-state index in [1.807, 2.05) is 30.3 Å². The molecule has 0 radical (unpaired) electrons. The summed E-state index contributed by atoms with van der Waals surface area (Å²) in [7, 11) is 0. The first-order valence-electron chi connectivity index (χ1n) is 7.63. The van der Waals surface area contributed by atoms with Gasteiger partial charge in [-0.25, -0.2) is 0 Å². The third-order valence-electron chi connectivity index (χ3n) is 4.23. The molecule has 1 N–H and O–H groups in total. The van der Waals surface area contributed by atoms with E-state index in [4.69, 9.17) is 9.15 Å². The maximum Gasteiger partial charge on any atom is 0.247 e. The van der Waals surface area contributed by atoms with Crippen LogP contribution in [0.1, 0.15) is 25.2 Å². The quantitative estimate of drug-likeness (QED) is 0.914. The first-order chi connectivity index (χ1) is 10.4. The predicted octanol–water partition coefficient (Wildman–Crippen LogP) is 2.39. The van der Waals surface area contributed by atoms with Crippen molar-refractivity contribution >= 4 is 0 Å². The highest BCUT2D eigenvalue weighted by molar-refractivity contribution is 5.51. The van der Waals surface area contributed by atoms with Crippen molar-refractivity contribution < 1.29 is 9.15 Å². The normalized spacial score (nSPS) is 25.3. The van der Waals surface area contributed by atoms with Crippen molar-refractivity contribution in [1.29, 1.82) is 0 Å². The van der Waals surface area contributed by atoms with E-state index in [0.29, 0.717) is 30.5 Å². The molecular weight excluding hydrogens is 266 g/mol. The number of hydrogen-bond donors (Lipinski definition) is 1. The highest BCUT2D eigenvalue weighted by Crippen LogP contribution is 2.38. The second-order valence-electron chi connectivity index (χ2n) is 5.82.